The van der Waals surface area contributed by atoms with Gasteiger partial charge in [-0.1, -0.05) is 36.4 Å². The molecule has 0 unspecified atom stereocenters. The van der Waals surface area contributed by atoms with Crippen molar-refractivity contribution in [3.05, 3.63) is 94.8 Å². The van der Waals surface area contributed by atoms with E-state index in [1.807, 2.05) is 36.4 Å². The molecule has 166 valence electrons. The summed E-state index contributed by atoms with van der Waals surface area (Å²) < 4.78 is 24.7. The zero-order valence-electron chi connectivity index (χ0n) is 18.3. The lowest BCUT2D eigenvalue weighted by molar-refractivity contribution is -0.127. The maximum atomic E-state index is 13.0. The van der Waals surface area contributed by atoms with Gasteiger partial charge >= 0.3 is 0 Å². The van der Waals surface area contributed by atoms with Crippen LogP contribution in [0.3, 0.4) is 0 Å². The van der Waals surface area contributed by atoms with E-state index in [9.17, 15) is 9.18 Å². The van der Waals surface area contributed by atoms with Crippen molar-refractivity contribution in [2.75, 3.05) is 0 Å². The molecule has 5 heteroatoms. The van der Waals surface area contributed by atoms with Gasteiger partial charge in [-0.3, -0.25) is 4.79 Å². The number of ether oxygens (including phenoxy) is 2. The average molecular weight is 434 g/mol. The van der Waals surface area contributed by atoms with Gasteiger partial charge in [0.1, 0.15) is 23.9 Å². The third-order valence-electron chi connectivity index (χ3n) is 5.73. The Labute approximate surface area is 188 Å². The van der Waals surface area contributed by atoms with E-state index in [0.717, 1.165) is 41.9 Å². The summed E-state index contributed by atoms with van der Waals surface area (Å²) in [4.78, 5) is 12.6. The highest BCUT2D eigenvalue weighted by Crippen LogP contribution is 2.30. The van der Waals surface area contributed by atoms with Gasteiger partial charge in [0, 0.05) is 6.54 Å². The number of rotatable bonds is 8. The van der Waals surface area contributed by atoms with Gasteiger partial charge in [-0.25, -0.2) is 4.39 Å². The zero-order chi connectivity index (χ0) is 22.3. The van der Waals surface area contributed by atoms with Crippen LogP contribution in [-0.4, -0.2) is 12.0 Å². The number of carbonyl (C=O) groups excluding carboxylic acids is 1. The molecule has 3 aromatic carbocycles. The van der Waals surface area contributed by atoms with E-state index < -0.39 is 6.10 Å². The van der Waals surface area contributed by atoms with Crippen LogP contribution in [0.25, 0.3) is 0 Å². The van der Waals surface area contributed by atoms with E-state index in [2.05, 4.69) is 11.4 Å². The zero-order valence-corrected chi connectivity index (χ0v) is 18.3. The van der Waals surface area contributed by atoms with Gasteiger partial charge in [-0.05, 0) is 85.2 Å². The minimum atomic E-state index is -0.568. The minimum Gasteiger partial charge on any atom is -0.489 e. The fourth-order valence-electron chi connectivity index (χ4n) is 3.88. The SMILES string of the molecule is C[C@@H](Oc1cccc2c1CCCC2)C(=O)NCc1ccc(OCc2ccc(F)cc2)cc1. The maximum absolute atomic E-state index is 13.0. The van der Waals surface area contributed by atoms with E-state index in [1.54, 1.807) is 19.1 Å². The van der Waals surface area contributed by atoms with Gasteiger partial charge in [0.2, 0.25) is 0 Å². The third kappa shape index (κ3) is 5.67. The molecule has 0 saturated heterocycles. The van der Waals surface area contributed by atoms with Crippen LogP contribution in [-0.2, 0) is 30.8 Å². The van der Waals surface area contributed by atoms with Crippen molar-refractivity contribution in [2.45, 2.75) is 51.9 Å². The summed E-state index contributed by atoms with van der Waals surface area (Å²) >= 11 is 0. The highest BCUT2D eigenvalue weighted by Gasteiger charge is 2.19. The van der Waals surface area contributed by atoms with Crippen LogP contribution in [0.1, 0.15) is 42.0 Å². The molecule has 4 rings (SSSR count). The van der Waals surface area contributed by atoms with Crippen LogP contribution in [0.15, 0.2) is 66.7 Å². The normalized spacial score (nSPS) is 13.7. The Hall–Kier alpha value is -3.34. The Bertz CT molecular complexity index is 1050. The van der Waals surface area contributed by atoms with Crippen molar-refractivity contribution in [1.82, 2.24) is 5.32 Å². The van der Waals surface area contributed by atoms with E-state index in [0.29, 0.717) is 13.2 Å². The Morgan fingerprint density at radius 3 is 2.47 bits per heavy atom. The Morgan fingerprint density at radius 2 is 1.69 bits per heavy atom. The number of halogens is 1. The molecule has 3 aromatic rings. The quantitative estimate of drug-likeness (QED) is 0.520. The molecule has 0 radical (unpaired) electrons. The van der Waals surface area contributed by atoms with E-state index >= 15 is 0 Å². The minimum absolute atomic E-state index is 0.143. The topological polar surface area (TPSA) is 47.6 Å². The number of fused-ring (bicyclic) bond motifs is 1. The van der Waals surface area contributed by atoms with E-state index in [4.69, 9.17) is 9.47 Å². The first-order valence-corrected chi connectivity index (χ1v) is 11.1. The fourth-order valence-corrected chi connectivity index (χ4v) is 3.88. The van der Waals surface area contributed by atoms with Crippen LogP contribution in [0.2, 0.25) is 0 Å². The number of amides is 1. The van der Waals surface area contributed by atoms with Crippen LogP contribution in [0.5, 0.6) is 11.5 Å². The lowest BCUT2D eigenvalue weighted by atomic mass is 9.91. The van der Waals surface area contributed by atoms with E-state index in [1.165, 1.54) is 29.7 Å². The lowest BCUT2D eigenvalue weighted by Crippen LogP contribution is -2.36. The molecule has 32 heavy (non-hydrogen) atoms. The monoisotopic (exact) mass is 433 g/mol. The van der Waals surface area contributed by atoms with Crippen molar-refractivity contribution in [2.24, 2.45) is 0 Å². The first-order chi connectivity index (χ1) is 15.6. The summed E-state index contributed by atoms with van der Waals surface area (Å²) in [5.41, 5.74) is 4.45. The average Bonchev–Trinajstić information content (AvgIpc) is 2.83. The predicted molar refractivity (Wildman–Crippen MR) is 122 cm³/mol. The summed E-state index contributed by atoms with van der Waals surface area (Å²) in [5, 5.41) is 2.94. The van der Waals surface area contributed by atoms with Gasteiger partial charge in [0.15, 0.2) is 6.10 Å². The number of hydrogen-bond acceptors (Lipinski definition) is 3. The van der Waals surface area contributed by atoms with Crippen molar-refractivity contribution >= 4 is 5.91 Å². The third-order valence-corrected chi connectivity index (χ3v) is 5.73. The molecular weight excluding hydrogens is 405 g/mol. The second-order valence-corrected chi connectivity index (χ2v) is 8.14. The largest absolute Gasteiger partial charge is 0.489 e. The smallest absolute Gasteiger partial charge is 0.261 e. The van der Waals surface area contributed by atoms with Crippen LogP contribution in [0, 0.1) is 5.82 Å². The molecule has 0 spiro atoms. The van der Waals surface area contributed by atoms with Gasteiger partial charge in [-0.15, -0.1) is 0 Å². The summed E-state index contributed by atoms with van der Waals surface area (Å²) in [7, 11) is 0. The predicted octanol–water partition coefficient (Wildman–Crippen LogP) is 5.37. The van der Waals surface area contributed by atoms with Crippen molar-refractivity contribution in [3.63, 3.8) is 0 Å². The van der Waals surface area contributed by atoms with Gasteiger partial charge in [0.25, 0.3) is 5.91 Å². The highest BCUT2D eigenvalue weighted by atomic mass is 19.1. The molecule has 1 aliphatic carbocycles. The van der Waals surface area contributed by atoms with Crippen LogP contribution in [0.4, 0.5) is 4.39 Å². The second kappa shape index (κ2) is 10.3. The molecule has 0 aliphatic heterocycles. The number of benzene rings is 3. The molecule has 0 saturated carbocycles. The first kappa shape index (κ1) is 21.9. The van der Waals surface area contributed by atoms with Gasteiger partial charge < -0.3 is 14.8 Å². The standard InChI is InChI=1S/C27H28FNO3/c1-19(32-26-8-4-6-22-5-2-3-7-25(22)26)27(30)29-17-20-11-15-24(16-12-20)31-18-21-9-13-23(28)14-10-21/h4,6,8-16,19H,2-3,5,7,17-18H2,1H3,(H,29,30)/t19-/m1/s1. The number of nitrogens with one attached hydrogen (secondary N) is 1. The number of carbonyl (C=O) groups is 1. The molecule has 1 amide bonds. The fraction of sp³-hybridized carbons (Fsp3) is 0.296. The number of aryl methyl sites for hydroxylation is 1. The molecule has 4 nitrogen and oxygen atoms in total. The molecule has 0 heterocycles. The van der Waals surface area contributed by atoms with Crippen molar-refractivity contribution in [1.29, 1.82) is 0 Å². The first-order valence-electron chi connectivity index (χ1n) is 11.1. The van der Waals surface area contributed by atoms with Gasteiger partial charge in [0.05, 0.1) is 0 Å². The highest BCUT2D eigenvalue weighted by molar-refractivity contribution is 5.80. The Balaban J connectivity index is 1.26. The lowest BCUT2D eigenvalue weighted by Gasteiger charge is -2.22. The van der Waals surface area contributed by atoms with Crippen molar-refractivity contribution in [3.8, 4) is 11.5 Å². The van der Waals surface area contributed by atoms with Gasteiger partial charge in [-0.2, -0.15) is 0 Å². The molecule has 0 fully saturated rings. The molecule has 0 bridgehead atoms. The Kier molecular flexibility index (Phi) is 7.05. The summed E-state index contributed by atoms with van der Waals surface area (Å²) in [6, 6.07) is 19.9. The van der Waals surface area contributed by atoms with E-state index in [-0.39, 0.29) is 11.7 Å². The number of hydrogen-bond donors (Lipinski definition) is 1. The molecule has 1 aliphatic rings. The summed E-state index contributed by atoms with van der Waals surface area (Å²) in [5.74, 6) is 1.14. The summed E-state index contributed by atoms with van der Waals surface area (Å²) in [6.07, 6.45) is 3.90. The maximum Gasteiger partial charge on any atom is 0.261 e. The molecule has 1 atom stereocenters. The summed E-state index contributed by atoms with van der Waals surface area (Å²) in [6.45, 7) is 2.57. The second-order valence-electron chi connectivity index (χ2n) is 8.14. The van der Waals surface area contributed by atoms with Crippen molar-refractivity contribution < 1.29 is 18.7 Å². The van der Waals surface area contributed by atoms with Crippen LogP contribution < -0.4 is 14.8 Å². The van der Waals surface area contributed by atoms with Crippen LogP contribution >= 0.6 is 0 Å². The molecule has 0 aromatic heterocycles. The molecular formula is C27H28FNO3. The molecule has 1 N–H and O–H groups in total. The Morgan fingerprint density at radius 1 is 0.969 bits per heavy atom.